The first-order chi connectivity index (χ1) is 26.8. The van der Waals surface area contributed by atoms with Gasteiger partial charge < -0.3 is 14.4 Å². The van der Waals surface area contributed by atoms with Gasteiger partial charge in [0.15, 0.2) is 6.10 Å². The van der Waals surface area contributed by atoms with Crippen LogP contribution in [0.15, 0.2) is 0 Å². The molecule has 0 aromatic rings. The number of carbonyl (C=O) groups excluding carboxylic acids is 2. The lowest BCUT2D eigenvalue weighted by atomic mass is 10.0. The zero-order chi connectivity index (χ0) is 40.3. The summed E-state index contributed by atoms with van der Waals surface area (Å²) < 4.78 is 32.1. The summed E-state index contributed by atoms with van der Waals surface area (Å²) in [6, 6.07) is 0. The van der Waals surface area contributed by atoms with Gasteiger partial charge in [-0.3, -0.25) is 18.6 Å². The molecule has 0 aliphatic heterocycles. The molecule has 0 aliphatic rings. The van der Waals surface area contributed by atoms with E-state index in [1.807, 2.05) is 0 Å². The Morgan fingerprint density at radius 2 is 0.709 bits per heavy atom. The average Bonchev–Trinajstić information content (AvgIpc) is 3.18. The largest absolute Gasteiger partial charge is 0.472 e. The van der Waals surface area contributed by atoms with E-state index in [1.165, 1.54) is 193 Å². The monoisotopic (exact) mass is 803 g/mol. The van der Waals surface area contributed by atoms with Crippen LogP contribution in [-0.2, 0) is 32.7 Å². The summed E-state index contributed by atoms with van der Waals surface area (Å²) in [5.74, 6) is -0.783. The SMILES string of the molecule is CCCCCCCCCCCCCCCCCCCCCC(=O)OC(COC(=O)CCCCCCCCCCCCCCCCCCC)COP(=O)(O)OC. The number of hydrogen-bond acceptors (Lipinski definition) is 7. The van der Waals surface area contributed by atoms with Crippen molar-refractivity contribution in [3.63, 3.8) is 0 Å². The van der Waals surface area contributed by atoms with Crippen molar-refractivity contribution in [1.29, 1.82) is 0 Å². The number of ether oxygens (including phenoxy) is 2. The van der Waals surface area contributed by atoms with Gasteiger partial charge in [0, 0.05) is 20.0 Å². The molecule has 0 aromatic carbocycles. The lowest BCUT2D eigenvalue weighted by Gasteiger charge is -2.19. The lowest BCUT2D eigenvalue weighted by molar-refractivity contribution is -0.161. The predicted octanol–water partition coefficient (Wildman–Crippen LogP) is 15.1. The van der Waals surface area contributed by atoms with Gasteiger partial charge in [0.05, 0.1) is 6.61 Å². The van der Waals surface area contributed by atoms with Crippen LogP contribution in [0.5, 0.6) is 0 Å². The maximum absolute atomic E-state index is 12.5. The second-order valence-electron chi connectivity index (χ2n) is 16.3. The zero-order valence-corrected chi connectivity index (χ0v) is 37.5. The van der Waals surface area contributed by atoms with Crippen molar-refractivity contribution in [1.82, 2.24) is 0 Å². The fourth-order valence-electron chi connectivity index (χ4n) is 7.19. The van der Waals surface area contributed by atoms with Crippen molar-refractivity contribution in [2.45, 2.75) is 264 Å². The molecule has 0 spiro atoms. The van der Waals surface area contributed by atoms with E-state index in [9.17, 15) is 19.0 Å². The highest BCUT2D eigenvalue weighted by Gasteiger charge is 2.24. The van der Waals surface area contributed by atoms with E-state index < -0.39 is 19.9 Å². The van der Waals surface area contributed by atoms with Gasteiger partial charge in [-0.1, -0.05) is 232 Å². The molecule has 0 radical (unpaired) electrons. The quantitative estimate of drug-likeness (QED) is 0.0368. The third-order valence-electron chi connectivity index (χ3n) is 10.9. The molecule has 2 atom stereocenters. The van der Waals surface area contributed by atoms with Crippen molar-refractivity contribution in [2.75, 3.05) is 20.3 Å². The molecule has 55 heavy (non-hydrogen) atoms. The van der Waals surface area contributed by atoms with E-state index in [4.69, 9.17) is 14.0 Å². The zero-order valence-electron chi connectivity index (χ0n) is 36.6. The van der Waals surface area contributed by atoms with E-state index >= 15 is 0 Å². The van der Waals surface area contributed by atoms with E-state index in [0.29, 0.717) is 6.42 Å². The smallest absolute Gasteiger partial charge is 0.462 e. The highest BCUT2D eigenvalue weighted by Crippen LogP contribution is 2.42. The fourth-order valence-corrected chi connectivity index (χ4v) is 7.65. The second-order valence-corrected chi connectivity index (χ2v) is 17.8. The van der Waals surface area contributed by atoms with Crippen molar-refractivity contribution in [3.05, 3.63) is 0 Å². The highest BCUT2D eigenvalue weighted by atomic mass is 31.2. The van der Waals surface area contributed by atoms with Crippen LogP contribution in [-0.4, -0.2) is 43.3 Å². The summed E-state index contributed by atoms with van der Waals surface area (Å²) in [4.78, 5) is 34.6. The van der Waals surface area contributed by atoms with E-state index in [0.717, 1.165) is 45.6 Å². The summed E-state index contributed by atoms with van der Waals surface area (Å²) >= 11 is 0. The second kappa shape index (κ2) is 42.7. The number of phosphoric ester groups is 1. The summed E-state index contributed by atoms with van der Waals surface area (Å²) in [5, 5.41) is 0. The van der Waals surface area contributed by atoms with E-state index in [-0.39, 0.29) is 25.6 Å². The number of unbranched alkanes of at least 4 members (excludes halogenated alkanes) is 34. The Balaban J connectivity index is 3.88. The normalized spacial score (nSPS) is 13.2. The molecule has 8 nitrogen and oxygen atoms in total. The first kappa shape index (κ1) is 54.0. The number of hydrogen-bond donors (Lipinski definition) is 1. The van der Waals surface area contributed by atoms with Gasteiger partial charge in [0.25, 0.3) is 0 Å². The van der Waals surface area contributed by atoms with Crippen LogP contribution in [0.4, 0.5) is 0 Å². The van der Waals surface area contributed by atoms with Gasteiger partial charge in [0.1, 0.15) is 6.61 Å². The molecule has 0 rings (SSSR count). The molecule has 0 bridgehead atoms. The molecule has 2 unspecified atom stereocenters. The number of esters is 2. The van der Waals surface area contributed by atoms with Gasteiger partial charge >= 0.3 is 19.8 Å². The Bertz CT molecular complexity index is 869. The molecule has 328 valence electrons. The minimum absolute atomic E-state index is 0.216. The lowest BCUT2D eigenvalue weighted by Crippen LogP contribution is -2.29. The number of phosphoric acid groups is 1. The fraction of sp³-hybridized carbons (Fsp3) is 0.957. The van der Waals surface area contributed by atoms with E-state index in [1.54, 1.807) is 0 Å². The standard InChI is InChI=1S/C46H91O8P/c1-4-6-8-10-12-14-16-18-20-22-23-25-27-29-31-33-35-37-39-41-46(48)54-44(43-53-55(49,50)51-3)42-52-45(47)40-38-36-34-32-30-28-26-24-21-19-17-15-13-11-9-7-5-2/h44H,4-43H2,1-3H3,(H,49,50). The molecular formula is C46H91O8P. The van der Waals surface area contributed by atoms with Crippen LogP contribution in [0.2, 0.25) is 0 Å². The minimum atomic E-state index is -4.26. The van der Waals surface area contributed by atoms with Crippen molar-refractivity contribution < 1.29 is 37.6 Å². The van der Waals surface area contributed by atoms with Gasteiger partial charge in [-0.2, -0.15) is 0 Å². The number of carbonyl (C=O) groups is 2. The van der Waals surface area contributed by atoms with Crippen LogP contribution in [0.1, 0.15) is 258 Å². The molecule has 0 aromatic heterocycles. The van der Waals surface area contributed by atoms with Crippen molar-refractivity contribution in [2.24, 2.45) is 0 Å². The molecule has 0 fully saturated rings. The molecule has 0 amide bonds. The van der Waals surface area contributed by atoms with Gasteiger partial charge in [-0.15, -0.1) is 0 Å². The van der Waals surface area contributed by atoms with Gasteiger partial charge in [-0.05, 0) is 12.8 Å². The predicted molar refractivity (Wildman–Crippen MR) is 230 cm³/mol. The first-order valence-corrected chi connectivity index (χ1v) is 25.2. The Hall–Kier alpha value is -0.950. The molecule has 0 aliphatic carbocycles. The van der Waals surface area contributed by atoms with Crippen molar-refractivity contribution in [3.8, 4) is 0 Å². The number of rotatable bonds is 45. The Morgan fingerprint density at radius 1 is 0.436 bits per heavy atom. The maximum atomic E-state index is 12.5. The summed E-state index contributed by atoms with van der Waals surface area (Å²) in [6.45, 7) is 3.94. The van der Waals surface area contributed by atoms with Crippen LogP contribution in [0.3, 0.4) is 0 Å². The van der Waals surface area contributed by atoms with Gasteiger partial charge in [0.2, 0.25) is 0 Å². The highest BCUT2D eigenvalue weighted by molar-refractivity contribution is 7.47. The summed E-state index contributed by atoms with van der Waals surface area (Å²) in [7, 11) is -3.19. The third-order valence-corrected chi connectivity index (χ3v) is 11.8. The minimum Gasteiger partial charge on any atom is -0.462 e. The average molecular weight is 803 g/mol. The third kappa shape index (κ3) is 42.5. The van der Waals surface area contributed by atoms with Crippen LogP contribution >= 0.6 is 7.82 Å². The van der Waals surface area contributed by atoms with Crippen LogP contribution in [0.25, 0.3) is 0 Å². The summed E-state index contributed by atoms with van der Waals surface area (Å²) in [5.41, 5.74) is 0. The maximum Gasteiger partial charge on any atom is 0.472 e. The Morgan fingerprint density at radius 3 is 1.00 bits per heavy atom. The molecular weight excluding hydrogens is 711 g/mol. The first-order valence-electron chi connectivity index (χ1n) is 23.7. The molecule has 9 heteroatoms. The van der Waals surface area contributed by atoms with Gasteiger partial charge in [-0.25, -0.2) is 4.57 Å². The topological polar surface area (TPSA) is 108 Å². The summed E-state index contributed by atoms with van der Waals surface area (Å²) in [6.07, 6.45) is 45.9. The molecule has 0 saturated carbocycles. The van der Waals surface area contributed by atoms with Crippen LogP contribution < -0.4 is 0 Å². The van der Waals surface area contributed by atoms with Crippen molar-refractivity contribution >= 4 is 19.8 Å². The Kier molecular flexibility index (Phi) is 41.9. The molecule has 0 heterocycles. The molecule has 1 N–H and O–H groups in total. The molecule has 0 saturated heterocycles. The Labute approximate surface area is 340 Å². The van der Waals surface area contributed by atoms with Crippen LogP contribution in [0, 0.1) is 0 Å². The van der Waals surface area contributed by atoms with E-state index in [2.05, 4.69) is 18.4 Å².